The van der Waals surface area contributed by atoms with Crippen LogP contribution >= 0.6 is 0 Å². The quantitative estimate of drug-likeness (QED) is 0.0387. The molecule has 2 aromatic heterocycles. The van der Waals surface area contributed by atoms with Crippen molar-refractivity contribution in [2.75, 3.05) is 0 Å². The summed E-state index contributed by atoms with van der Waals surface area (Å²) in [7, 11) is 10.6. The smallest absolute Gasteiger partial charge is 0.494 e. The summed E-state index contributed by atoms with van der Waals surface area (Å²) in [6.07, 6.45) is 2.92. The predicted octanol–water partition coefficient (Wildman–Crippen LogP) is 9.96. The highest BCUT2D eigenvalue weighted by molar-refractivity contribution is 6.62. The van der Waals surface area contributed by atoms with Crippen LogP contribution in [0.4, 0.5) is 0 Å². The summed E-state index contributed by atoms with van der Waals surface area (Å²) in [5, 5.41) is 83.9. The van der Waals surface area contributed by atoms with Crippen molar-refractivity contribution in [1.29, 1.82) is 0 Å². The Labute approximate surface area is 436 Å². The van der Waals surface area contributed by atoms with Gasteiger partial charge in [-0.25, -0.2) is 0 Å². The first kappa shape index (κ1) is 49.9. The number of benzene rings is 7. The van der Waals surface area contributed by atoms with E-state index in [1.165, 1.54) is 12.4 Å². The average Bonchev–Trinajstić information content (AvgIpc) is 3.64. The van der Waals surface area contributed by atoms with E-state index in [1.54, 1.807) is 26.0 Å². The summed E-state index contributed by atoms with van der Waals surface area (Å²) >= 11 is 0. The van der Waals surface area contributed by atoms with Gasteiger partial charge in [-0.1, -0.05) is 109 Å². The van der Waals surface area contributed by atoms with E-state index < -0.39 is 75.2 Å². The van der Waals surface area contributed by atoms with Crippen LogP contribution in [-0.4, -0.2) is 84.8 Å². The molecule has 0 saturated carbocycles. The van der Waals surface area contributed by atoms with Gasteiger partial charge in [0.25, 0.3) is 0 Å². The van der Waals surface area contributed by atoms with Gasteiger partial charge >= 0.3 is 7.12 Å². The molecular weight excluding hydrogens is 941 g/mol. The van der Waals surface area contributed by atoms with E-state index in [2.05, 4.69) is 52.4 Å². The molecule has 75 heavy (non-hydrogen) atoms. The monoisotopic (exact) mass is 990 g/mol. The summed E-state index contributed by atoms with van der Waals surface area (Å²) in [6.45, 7) is 11.7. The summed E-state index contributed by atoms with van der Waals surface area (Å²) < 4.78 is 13.3. The lowest BCUT2D eigenvalue weighted by molar-refractivity contribution is 0.00578. The summed E-state index contributed by atoms with van der Waals surface area (Å²) in [4.78, 5) is 9.25. The van der Waals surface area contributed by atoms with Crippen LogP contribution in [-0.2, 0) is 9.31 Å². The number of nitrogens with zero attached hydrogens (tertiary/aromatic N) is 2. The number of aryl methyl sites for hydroxylation is 2. The summed E-state index contributed by atoms with van der Waals surface area (Å²) in [5.41, 5.74) is 10.6. The second kappa shape index (κ2) is 18.7. The third kappa shape index (κ3) is 8.63. The van der Waals surface area contributed by atoms with Gasteiger partial charge in [0, 0.05) is 34.6 Å². The largest absolute Gasteiger partial charge is 0.505 e. The zero-order valence-electron chi connectivity index (χ0n) is 41.8. The van der Waals surface area contributed by atoms with Crippen LogP contribution in [0.5, 0.6) is 46.0 Å². The SMILES string of the molecule is [B]c1c(O)c(O)c(-c2cnc(-c3ccc(-c4ccccc4-c4cc(B5OC(C)(C)C(C)(C)O5)cc(-c5ccccc5-c5ccc(-c6cc(C)c(-c7c(O)c(O)c([B])c(O)c7O)cn6)cc5)c4)cc3)cc2C)c(O)c1O. The minimum atomic E-state index is -0.741. The van der Waals surface area contributed by atoms with Crippen molar-refractivity contribution in [3.8, 4) is 135 Å². The zero-order valence-corrected chi connectivity index (χ0v) is 41.8. The minimum Gasteiger partial charge on any atom is -0.505 e. The van der Waals surface area contributed by atoms with Crippen LogP contribution in [0.1, 0.15) is 38.8 Å². The molecule has 0 spiro atoms. The number of phenols is 8. The summed E-state index contributed by atoms with van der Waals surface area (Å²) in [5.74, 6) is -5.64. The van der Waals surface area contributed by atoms with Crippen molar-refractivity contribution >= 4 is 39.2 Å². The Morgan fingerprint density at radius 1 is 0.387 bits per heavy atom. The average molecular weight is 990 g/mol. The molecule has 0 amide bonds. The molecule has 1 aliphatic heterocycles. The van der Waals surface area contributed by atoms with Crippen molar-refractivity contribution in [2.45, 2.75) is 52.7 Å². The molecule has 1 saturated heterocycles. The van der Waals surface area contributed by atoms with Gasteiger partial charge in [0.1, 0.15) is 15.7 Å². The Kier molecular flexibility index (Phi) is 12.4. The Bertz CT molecular complexity index is 3470. The van der Waals surface area contributed by atoms with Crippen molar-refractivity contribution in [3.05, 3.63) is 151 Å². The van der Waals surface area contributed by atoms with Crippen LogP contribution in [0, 0.1) is 13.8 Å². The predicted molar refractivity (Wildman–Crippen MR) is 295 cm³/mol. The highest BCUT2D eigenvalue weighted by Gasteiger charge is 2.52. The van der Waals surface area contributed by atoms with E-state index >= 15 is 0 Å². The van der Waals surface area contributed by atoms with E-state index in [1.807, 2.05) is 100 Å². The number of hydrogen-bond acceptors (Lipinski definition) is 12. The highest BCUT2D eigenvalue weighted by atomic mass is 16.7. The number of pyridine rings is 2. The first-order valence-corrected chi connectivity index (χ1v) is 24.0. The van der Waals surface area contributed by atoms with Crippen molar-refractivity contribution in [1.82, 2.24) is 9.97 Å². The maximum Gasteiger partial charge on any atom is 0.494 e. The maximum absolute atomic E-state index is 10.7. The third-order valence-corrected chi connectivity index (χ3v) is 14.6. The van der Waals surface area contributed by atoms with E-state index in [9.17, 15) is 40.9 Å². The zero-order chi connectivity index (χ0) is 53.4. The fourth-order valence-electron chi connectivity index (χ4n) is 9.59. The molecule has 9 aromatic rings. The molecule has 1 aliphatic rings. The number of aromatic nitrogens is 2. The third-order valence-electron chi connectivity index (χ3n) is 14.6. The topological polar surface area (TPSA) is 206 Å². The Morgan fingerprint density at radius 3 is 1.01 bits per heavy atom. The number of hydrogen-bond donors (Lipinski definition) is 8. The molecule has 0 bridgehead atoms. The van der Waals surface area contributed by atoms with Gasteiger partial charge in [-0.3, -0.25) is 9.97 Å². The fourth-order valence-corrected chi connectivity index (χ4v) is 9.59. The molecule has 7 aromatic carbocycles. The fraction of sp³-hybridized carbons (Fsp3) is 0.133. The van der Waals surface area contributed by atoms with Crippen LogP contribution in [0.25, 0.3) is 89.3 Å². The Morgan fingerprint density at radius 2 is 0.693 bits per heavy atom. The molecule has 8 N–H and O–H groups in total. The first-order valence-electron chi connectivity index (χ1n) is 24.0. The van der Waals surface area contributed by atoms with Gasteiger partial charge in [0.2, 0.25) is 0 Å². The van der Waals surface area contributed by atoms with Gasteiger partial charge < -0.3 is 50.2 Å². The van der Waals surface area contributed by atoms with Gasteiger partial charge in [-0.2, -0.15) is 0 Å². The Balaban J connectivity index is 1.00. The van der Waals surface area contributed by atoms with E-state index in [-0.39, 0.29) is 11.1 Å². The van der Waals surface area contributed by atoms with Crippen molar-refractivity contribution in [3.63, 3.8) is 0 Å². The van der Waals surface area contributed by atoms with Gasteiger partial charge in [0.05, 0.1) is 33.7 Å². The molecule has 4 radical (unpaired) electrons. The molecule has 12 nitrogen and oxygen atoms in total. The standard InChI is InChI=1S/C60H49B3N2O10/c1-30-23-45(64-28-43(30)47-51(66)55(70)49(61)56(71)52(47)67)34-19-15-32(16-20-34)39-11-7-9-13-41(39)36-25-37(27-38(26-36)63-74-59(3,4)60(5,6)75-63)42-14-10-8-12-40(42)33-17-21-35(22-18-33)46-24-31(2)44(29-65-46)48-53(68)57(72)50(62)58(73)54(48)69/h7-29,66-73H,1-6H3. The van der Waals surface area contributed by atoms with Crippen molar-refractivity contribution < 1.29 is 50.2 Å². The highest BCUT2D eigenvalue weighted by Crippen LogP contribution is 2.49. The molecule has 368 valence electrons. The molecule has 10 rings (SSSR count). The molecule has 3 heterocycles. The normalized spacial score (nSPS) is 13.8. The molecule has 15 heteroatoms. The lowest BCUT2D eigenvalue weighted by Gasteiger charge is -2.32. The molecule has 1 fully saturated rings. The van der Waals surface area contributed by atoms with E-state index in [0.717, 1.165) is 61.1 Å². The lowest BCUT2D eigenvalue weighted by atomic mass is 9.75. The van der Waals surface area contributed by atoms with Crippen LogP contribution in [0.15, 0.2) is 140 Å². The maximum atomic E-state index is 10.7. The van der Waals surface area contributed by atoms with E-state index in [0.29, 0.717) is 33.6 Å². The van der Waals surface area contributed by atoms with Crippen LogP contribution < -0.4 is 16.4 Å². The van der Waals surface area contributed by atoms with E-state index in [4.69, 9.17) is 25.0 Å². The molecule has 0 aliphatic carbocycles. The second-order valence-electron chi connectivity index (χ2n) is 19.8. The number of aromatic hydroxyl groups is 8. The minimum absolute atomic E-state index is 0.185. The lowest BCUT2D eigenvalue weighted by Crippen LogP contribution is -2.41. The summed E-state index contributed by atoms with van der Waals surface area (Å²) in [6, 6.07) is 42.4. The van der Waals surface area contributed by atoms with Crippen LogP contribution in [0.2, 0.25) is 0 Å². The van der Waals surface area contributed by atoms with Gasteiger partial charge in [0.15, 0.2) is 46.0 Å². The Hall–Kier alpha value is -8.65. The number of rotatable bonds is 9. The first-order chi connectivity index (χ1) is 35.6. The molecule has 0 unspecified atom stereocenters. The van der Waals surface area contributed by atoms with Gasteiger partial charge in [-0.05, 0) is 132 Å². The van der Waals surface area contributed by atoms with Gasteiger partial charge in [-0.15, -0.1) is 0 Å². The molecule has 0 atom stereocenters. The molecular formula is C60H49B3N2O10. The second-order valence-corrected chi connectivity index (χ2v) is 19.8. The number of phenolic OH excluding ortho intramolecular Hbond substituents is 8. The van der Waals surface area contributed by atoms with Crippen molar-refractivity contribution in [2.24, 2.45) is 0 Å². The van der Waals surface area contributed by atoms with Crippen LogP contribution in [0.3, 0.4) is 0 Å².